The van der Waals surface area contributed by atoms with Crippen molar-refractivity contribution in [3.05, 3.63) is 64.7 Å². The minimum absolute atomic E-state index is 0.462. The van der Waals surface area contributed by atoms with E-state index in [4.69, 9.17) is 16.3 Å². The summed E-state index contributed by atoms with van der Waals surface area (Å²) in [7, 11) is 0. The highest BCUT2D eigenvalue weighted by Crippen LogP contribution is 2.32. The van der Waals surface area contributed by atoms with Gasteiger partial charge in [-0.25, -0.2) is 4.79 Å². The highest BCUT2D eigenvalue weighted by atomic mass is 35.5. The number of aryl methyl sites for hydroxylation is 2. The second-order valence-electron chi connectivity index (χ2n) is 7.47. The van der Waals surface area contributed by atoms with Gasteiger partial charge in [-0.15, -0.1) is 0 Å². The molecule has 0 saturated heterocycles. The first-order chi connectivity index (χ1) is 12.3. The first-order valence-corrected chi connectivity index (χ1v) is 9.36. The summed E-state index contributed by atoms with van der Waals surface area (Å²) < 4.78 is 5.81. The quantitative estimate of drug-likeness (QED) is 0.554. The smallest absolute Gasteiger partial charge is 0.345 e. The van der Waals surface area contributed by atoms with E-state index in [1.54, 1.807) is 0 Å². The Morgan fingerprint density at radius 2 is 1.69 bits per heavy atom. The predicted molar refractivity (Wildman–Crippen MR) is 106 cm³/mol. The summed E-state index contributed by atoms with van der Waals surface area (Å²) in [6.07, 6.45) is 2.81. The van der Waals surface area contributed by atoms with Crippen LogP contribution in [0.5, 0.6) is 5.75 Å². The van der Waals surface area contributed by atoms with Crippen LogP contribution in [0.15, 0.2) is 48.5 Å². The van der Waals surface area contributed by atoms with E-state index in [0.717, 1.165) is 36.3 Å². The van der Waals surface area contributed by atoms with Gasteiger partial charge in [0.1, 0.15) is 5.75 Å². The van der Waals surface area contributed by atoms with Crippen LogP contribution < -0.4 is 4.74 Å². The third kappa shape index (κ3) is 6.06. The molecule has 2 rings (SSSR count). The Labute approximate surface area is 161 Å². The number of ether oxygens (including phenoxy) is 1. The average Bonchev–Trinajstić information content (AvgIpc) is 2.59. The number of carbonyl (C=O) groups is 1. The largest absolute Gasteiger partial charge is 0.478 e. The van der Waals surface area contributed by atoms with Gasteiger partial charge in [0.15, 0.2) is 0 Å². The second kappa shape index (κ2) is 9.09. The lowest BCUT2D eigenvalue weighted by atomic mass is 9.81. The van der Waals surface area contributed by atoms with Gasteiger partial charge in [0.05, 0.1) is 0 Å². The summed E-state index contributed by atoms with van der Waals surface area (Å²) in [6.45, 7) is 5.91. The molecule has 0 amide bonds. The molecular formula is C22H27ClO3. The van der Waals surface area contributed by atoms with Gasteiger partial charge in [-0.05, 0) is 56.0 Å². The Kier molecular flexibility index (Phi) is 7.10. The number of hydrogen-bond acceptors (Lipinski definition) is 2. The molecule has 1 N–H and O–H groups in total. The number of unbranched alkanes of at least 4 members (excludes halogenated alkanes) is 1. The Bertz CT molecular complexity index is 705. The molecule has 140 valence electrons. The lowest BCUT2D eigenvalue weighted by Crippen LogP contribution is -2.41. The normalized spacial score (nSPS) is 12.6. The van der Waals surface area contributed by atoms with Crippen LogP contribution in [0.1, 0.15) is 44.2 Å². The highest BCUT2D eigenvalue weighted by Gasteiger charge is 2.36. The van der Waals surface area contributed by atoms with E-state index in [0.29, 0.717) is 5.75 Å². The van der Waals surface area contributed by atoms with Crippen LogP contribution in [-0.4, -0.2) is 17.2 Å². The summed E-state index contributed by atoms with van der Waals surface area (Å²) in [5, 5.41) is 10.4. The number of halogens is 1. The molecule has 0 aliphatic rings. The molecule has 1 unspecified atom stereocenters. The standard InChI is InChI=1S/C22H27ClO3/c1-16-7-13-19(14-8-16)26-20(21(24)25)22(2,3)15-5-4-6-17-9-11-18(23)12-10-17/h7-14,20H,4-6,15H2,1-3H3,(H,24,25). The number of rotatable bonds is 9. The lowest BCUT2D eigenvalue weighted by Gasteiger charge is -2.31. The zero-order valence-corrected chi connectivity index (χ0v) is 16.4. The Hall–Kier alpha value is -2.00. The molecule has 0 spiro atoms. The first kappa shape index (κ1) is 20.3. The zero-order valence-electron chi connectivity index (χ0n) is 15.7. The van der Waals surface area contributed by atoms with Gasteiger partial charge >= 0.3 is 5.97 Å². The van der Waals surface area contributed by atoms with Crippen molar-refractivity contribution in [2.24, 2.45) is 5.41 Å². The minimum atomic E-state index is -0.923. The molecule has 26 heavy (non-hydrogen) atoms. The molecule has 2 aromatic carbocycles. The van der Waals surface area contributed by atoms with E-state index >= 15 is 0 Å². The topological polar surface area (TPSA) is 46.5 Å². The molecule has 0 saturated carbocycles. The number of carboxylic acid groups (broad SMARTS) is 1. The lowest BCUT2D eigenvalue weighted by molar-refractivity contribution is -0.151. The molecule has 0 bridgehead atoms. The first-order valence-electron chi connectivity index (χ1n) is 8.98. The van der Waals surface area contributed by atoms with Gasteiger partial charge in [0.25, 0.3) is 0 Å². The van der Waals surface area contributed by atoms with Crippen molar-refractivity contribution in [2.75, 3.05) is 0 Å². The molecule has 0 radical (unpaired) electrons. The number of aliphatic carboxylic acids is 1. The van der Waals surface area contributed by atoms with Crippen LogP contribution in [0.25, 0.3) is 0 Å². The molecule has 0 heterocycles. The summed E-state index contributed by atoms with van der Waals surface area (Å²) in [4.78, 5) is 11.8. The Morgan fingerprint density at radius 3 is 2.27 bits per heavy atom. The molecule has 3 nitrogen and oxygen atoms in total. The van der Waals surface area contributed by atoms with Crippen LogP contribution in [0, 0.1) is 12.3 Å². The molecule has 1 atom stereocenters. The van der Waals surface area contributed by atoms with E-state index in [2.05, 4.69) is 0 Å². The van der Waals surface area contributed by atoms with E-state index in [1.807, 2.05) is 69.3 Å². The molecule has 0 fully saturated rings. The van der Waals surface area contributed by atoms with Crippen molar-refractivity contribution in [3.8, 4) is 5.75 Å². The van der Waals surface area contributed by atoms with E-state index in [9.17, 15) is 9.90 Å². The van der Waals surface area contributed by atoms with Gasteiger partial charge in [-0.1, -0.05) is 61.7 Å². The van der Waals surface area contributed by atoms with Gasteiger partial charge in [0.2, 0.25) is 6.10 Å². The predicted octanol–water partition coefficient (Wildman–Crippen LogP) is 5.92. The van der Waals surface area contributed by atoms with Crippen LogP contribution >= 0.6 is 11.6 Å². The zero-order chi connectivity index (χ0) is 19.2. The maximum atomic E-state index is 11.8. The number of hydrogen-bond donors (Lipinski definition) is 1. The Morgan fingerprint density at radius 1 is 1.08 bits per heavy atom. The van der Waals surface area contributed by atoms with Crippen molar-refractivity contribution < 1.29 is 14.6 Å². The fourth-order valence-corrected chi connectivity index (χ4v) is 3.12. The van der Waals surface area contributed by atoms with Crippen molar-refractivity contribution in [2.45, 2.75) is 52.6 Å². The molecule has 0 aliphatic carbocycles. The third-order valence-electron chi connectivity index (χ3n) is 4.66. The average molecular weight is 375 g/mol. The van der Waals surface area contributed by atoms with E-state index < -0.39 is 17.5 Å². The van der Waals surface area contributed by atoms with Crippen LogP contribution in [0.4, 0.5) is 0 Å². The monoisotopic (exact) mass is 374 g/mol. The van der Waals surface area contributed by atoms with Crippen molar-refractivity contribution in [3.63, 3.8) is 0 Å². The van der Waals surface area contributed by atoms with Gasteiger partial charge in [-0.3, -0.25) is 0 Å². The van der Waals surface area contributed by atoms with E-state index in [1.165, 1.54) is 5.56 Å². The second-order valence-corrected chi connectivity index (χ2v) is 7.91. The molecule has 4 heteroatoms. The third-order valence-corrected chi connectivity index (χ3v) is 4.91. The van der Waals surface area contributed by atoms with Crippen molar-refractivity contribution in [1.29, 1.82) is 0 Å². The van der Waals surface area contributed by atoms with Gasteiger partial charge in [0, 0.05) is 10.4 Å². The molecule has 0 aromatic heterocycles. The van der Waals surface area contributed by atoms with Crippen LogP contribution in [0.2, 0.25) is 5.02 Å². The molecule has 2 aromatic rings. The molecule has 0 aliphatic heterocycles. The fourth-order valence-electron chi connectivity index (χ4n) is 2.99. The van der Waals surface area contributed by atoms with Crippen LogP contribution in [-0.2, 0) is 11.2 Å². The summed E-state index contributed by atoms with van der Waals surface area (Å²) in [5.74, 6) is -0.328. The highest BCUT2D eigenvalue weighted by molar-refractivity contribution is 6.30. The van der Waals surface area contributed by atoms with Gasteiger partial charge < -0.3 is 9.84 Å². The SMILES string of the molecule is Cc1ccc(OC(C(=O)O)C(C)(C)CCCCc2ccc(Cl)cc2)cc1. The van der Waals surface area contributed by atoms with Crippen molar-refractivity contribution >= 4 is 17.6 Å². The summed E-state index contributed by atoms with van der Waals surface area (Å²) in [5.41, 5.74) is 1.90. The summed E-state index contributed by atoms with van der Waals surface area (Å²) >= 11 is 5.90. The maximum absolute atomic E-state index is 11.8. The fraction of sp³-hybridized carbons (Fsp3) is 0.409. The Balaban J connectivity index is 1.90. The van der Waals surface area contributed by atoms with Gasteiger partial charge in [-0.2, -0.15) is 0 Å². The number of carboxylic acids is 1. The van der Waals surface area contributed by atoms with Crippen molar-refractivity contribution in [1.82, 2.24) is 0 Å². The number of benzene rings is 2. The molecular weight excluding hydrogens is 348 g/mol. The van der Waals surface area contributed by atoms with E-state index in [-0.39, 0.29) is 0 Å². The maximum Gasteiger partial charge on any atom is 0.345 e. The summed E-state index contributed by atoms with van der Waals surface area (Å²) in [6, 6.07) is 15.4. The minimum Gasteiger partial charge on any atom is -0.478 e. The van der Waals surface area contributed by atoms with Crippen LogP contribution in [0.3, 0.4) is 0 Å².